The Morgan fingerprint density at radius 2 is 2.38 bits per heavy atom. The van der Waals surface area contributed by atoms with Crippen LogP contribution in [0.3, 0.4) is 0 Å². The Morgan fingerprint density at radius 1 is 1.56 bits per heavy atom. The normalized spacial score (nSPS) is 39.8. The number of aliphatic carboxylic acids is 1. The average Bonchev–Trinajstić information content (AvgIpc) is 2.62. The predicted octanol–water partition coefficient (Wildman–Crippen LogP) is 1.88. The zero-order valence-corrected chi connectivity index (χ0v) is 10.3. The summed E-state index contributed by atoms with van der Waals surface area (Å²) in [5, 5.41) is 9.06. The second kappa shape index (κ2) is 4.94. The van der Waals surface area contributed by atoms with E-state index in [1.807, 2.05) is 18.7 Å². The molecule has 2 rings (SSSR count). The number of carboxylic acid groups (broad SMARTS) is 1. The highest BCUT2D eigenvalue weighted by molar-refractivity contribution is 8.00. The van der Waals surface area contributed by atoms with Gasteiger partial charge in [-0.1, -0.05) is 6.42 Å². The summed E-state index contributed by atoms with van der Waals surface area (Å²) in [4.78, 5) is 10.6. The molecule has 2 aliphatic heterocycles. The van der Waals surface area contributed by atoms with Crippen LogP contribution in [0.2, 0.25) is 0 Å². The molecule has 0 amide bonds. The van der Waals surface area contributed by atoms with E-state index in [0.717, 1.165) is 12.2 Å². The molecule has 4 nitrogen and oxygen atoms in total. The summed E-state index contributed by atoms with van der Waals surface area (Å²) >= 11 is 1.88. The first-order chi connectivity index (χ1) is 7.60. The zero-order chi connectivity index (χ0) is 11.6. The summed E-state index contributed by atoms with van der Waals surface area (Å²) in [6.45, 7) is 2.34. The first kappa shape index (κ1) is 12.2. The lowest BCUT2D eigenvalue weighted by molar-refractivity contribution is -0.160. The molecule has 5 heteroatoms. The van der Waals surface area contributed by atoms with Gasteiger partial charge in [-0.15, -0.1) is 0 Å². The van der Waals surface area contributed by atoms with Crippen LogP contribution < -0.4 is 0 Å². The lowest BCUT2D eigenvalue weighted by Crippen LogP contribution is -2.40. The Kier molecular flexibility index (Phi) is 3.77. The minimum absolute atomic E-state index is 0.0347. The third-order valence-electron chi connectivity index (χ3n) is 3.12. The Bertz CT molecular complexity index is 265. The standard InChI is InChI=1S/C11H18O4S/c1-11(9-4-2-3-5-16-9)14-7-8(15-11)6-10(12)13/h8-9H,2-7H2,1H3,(H,12,13). The lowest BCUT2D eigenvalue weighted by atomic mass is 10.1. The van der Waals surface area contributed by atoms with Gasteiger partial charge in [-0.3, -0.25) is 4.79 Å². The number of hydrogen-bond donors (Lipinski definition) is 1. The monoisotopic (exact) mass is 246 g/mol. The topological polar surface area (TPSA) is 55.8 Å². The van der Waals surface area contributed by atoms with Gasteiger partial charge in [0.05, 0.1) is 24.4 Å². The van der Waals surface area contributed by atoms with Crippen LogP contribution in [0.4, 0.5) is 0 Å². The van der Waals surface area contributed by atoms with Crippen LogP contribution in [0, 0.1) is 0 Å². The summed E-state index contributed by atoms with van der Waals surface area (Å²) in [5.74, 6) is -0.254. The van der Waals surface area contributed by atoms with E-state index in [1.165, 1.54) is 12.8 Å². The molecule has 0 bridgehead atoms. The molecule has 3 unspecified atom stereocenters. The molecule has 2 heterocycles. The first-order valence-electron chi connectivity index (χ1n) is 5.75. The zero-order valence-electron chi connectivity index (χ0n) is 9.48. The maximum Gasteiger partial charge on any atom is 0.306 e. The van der Waals surface area contributed by atoms with E-state index in [9.17, 15) is 4.79 Å². The van der Waals surface area contributed by atoms with Crippen molar-refractivity contribution in [2.45, 2.75) is 49.7 Å². The second-order valence-electron chi connectivity index (χ2n) is 4.52. The van der Waals surface area contributed by atoms with Crippen molar-refractivity contribution in [3.8, 4) is 0 Å². The summed E-state index contributed by atoms with van der Waals surface area (Å²) in [6, 6.07) is 0. The van der Waals surface area contributed by atoms with Crippen molar-refractivity contribution in [3.63, 3.8) is 0 Å². The van der Waals surface area contributed by atoms with Crippen LogP contribution in [0.15, 0.2) is 0 Å². The molecular formula is C11H18O4S. The fourth-order valence-electron chi connectivity index (χ4n) is 2.28. The van der Waals surface area contributed by atoms with Crippen LogP contribution in [-0.2, 0) is 14.3 Å². The molecule has 0 spiro atoms. The highest BCUT2D eigenvalue weighted by Crippen LogP contribution is 2.39. The second-order valence-corrected chi connectivity index (χ2v) is 5.83. The van der Waals surface area contributed by atoms with Gasteiger partial charge in [-0.05, 0) is 25.5 Å². The fraction of sp³-hybridized carbons (Fsp3) is 0.909. The molecule has 92 valence electrons. The van der Waals surface area contributed by atoms with Crippen LogP contribution in [0.25, 0.3) is 0 Å². The van der Waals surface area contributed by atoms with Crippen molar-refractivity contribution in [2.24, 2.45) is 0 Å². The molecular weight excluding hydrogens is 228 g/mol. The van der Waals surface area contributed by atoms with E-state index in [4.69, 9.17) is 14.6 Å². The SMILES string of the molecule is CC1(C2CCCCS2)OCC(CC(=O)O)O1. The van der Waals surface area contributed by atoms with Gasteiger partial charge in [0.25, 0.3) is 0 Å². The van der Waals surface area contributed by atoms with Crippen molar-refractivity contribution in [1.82, 2.24) is 0 Å². The van der Waals surface area contributed by atoms with Gasteiger partial charge in [0, 0.05) is 0 Å². The molecule has 2 aliphatic rings. The minimum Gasteiger partial charge on any atom is -0.481 e. The number of rotatable bonds is 3. The van der Waals surface area contributed by atoms with E-state index in [-0.39, 0.29) is 12.5 Å². The third-order valence-corrected chi connectivity index (χ3v) is 4.71. The molecule has 0 radical (unpaired) electrons. The predicted molar refractivity (Wildman–Crippen MR) is 61.6 cm³/mol. The number of hydrogen-bond acceptors (Lipinski definition) is 4. The van der Waals surface area contributed by atoms with Crippen LogP contribution in [-0.4, -0.2) is 40.6 Å². The maximum atomic E-state index is 10.6. The van der Waals surface area contributed by atoms with E-state index in [0.29, 0.717) is 11.9 Å². The van der Waals surface area contributed by atoms with Crippen LogP contribution in [0.1, 0.15) is 32.6 Å². The van der Waals surface area contributed by atoms with Crippen molar-refractivity contribution in [3.05, 3.63) is 0 Å². The van der Waals surface area contributed by atoms with E-state index >= 15 is 0 Å². The maximum absolute atomic E-state index is 10.6. The molecule has 0 aromatic carbocycles. The van der Waals surface area contributed by atoms with Crippen LogP contribution >= 0.6 is 11.8 Å². The van der Waals surface area contributed by atoms with Crippen molar-refractivity contribution in [2.75, 3.05) is 12.4 Å². The van der Waals surface area contributed by atoms with Gasteiger partial charge in [-0.2, -0.15) is 11.8 Å². The minimum atomic E-state index is -0.825. The molecule has 2 fully saturated rings. The molecule has 2 saturated heterocycles. The summed E-state index contributed by atoms with van der Waals surface area (Å²) < 4.78 is 11.5. The molecule has 0 aromatic rings. The van der Waals surface area contributed by atoms with Gasteiger partial charge < -0.3 is 14.6 Å². The van der Waals surface area contributed by atoms with Crippen molar-refractivity contribution in [1.29, 1.82) is 0 Å². The van der Waals surface area contributed by atoms with Crippen molar-refractivity contribution >= 4 is 17.7 Å². The molecule has 1 N–H and O–H groups in total. The Labute approximate surface area is 99.7 Å². The molecule has 0 aliphatic carbocycles. The lowest BCUT2D eigenvalue weighted by Gasteiger charge is -2.34. The number of thioether (sulfide) groups is 1. The van der Waals surface area contributed by atoms with Crippen LogP contribution in [0.5, 0.6) is 0 Å². The molecule has 0 saturated carbocycles. The quantitative estimate of drug-likeness (QED) is 0.824. The van der Waals surface area contributed by atoms with Gasteiger partial charge in [0.15, 0.2) is 5.79 Å². The number of carbonyl (C=O) groups is 1. The largest absolute Gasteiger partial charge is 0.481 e. The Hall–Kier alpha value is -0.260. The first-order valence-corrected chi connectivity index (χ1v) is 6.80. The van der Waals surface area contributed by atoms with Gasteiger partial charge in [0.2, 0.25) is 0 Å². The van der Waals surface area contributed by atoms with Gasteiger partial charge in [-0.25, -0.2) is 0 Å². The van der Waals surface area contributed by atoms with E-state index in [2.05, 4.69) is 0 Å². The molecule has 3 atom stereocenters. The Morgan fingerprint density at radius 3 is 3.00 bits per heavy atom. The van der Waals surface area contributed by atoms with Crippen molar-refractivity contribution < 1.29 is 19.4 Å². The molecule has 16 heavy (non-hydrogen) atoms. The number of carboxylic acids is 1. The average molecular weight is 246 g/mol. The highest BCUT2D eigenvalue weighted by Gasteiger charge is 2.45. The molecule has 0 aromatic heterocycles. The Balaban J connectivity index is 1.91. The van der Waals surface area contributed by atoms with E-state index < -0.39 is 11.8 Å². The smallest absolute Gasteiger partial charge is 0.306 e. The summed E-state index contributed by atoms with van der Waals surface area (Å²) in [6.07, 6.45) is 3.32. The third kappa shape index (κ3) is 2.70. The highest BCUT2D eigenvalue weighted by atomic mass is 32.2. The summed E-state index contributed by atoms with van der Waals surface area (Å²) in [7, 11) is 0. The fourth-order valence-corrected chi connectivity index (χ4v) is 3.69. The summed E-state index contributed by atoms with van der Waals surface area (Å²) in [5.41, 5.74) is 0. The van der Waals surface area contributed by atoms with Gasteiger partial charge >= 0.3 is 5.97 Å². The van der Waals surface area contributed by atoms with E-state index in [1.54, 1.807) is 0 Å². The number of ether oxygens (including phenoxy) is 2. The van der Waals surface area contributed by atoms with Gasteiger partial charge in [0.1, 0.15) is 0 Å².